The molecule has 2 aliphatic heterocycles. The monoisotopic (exact) mass is 624 g/mol. The number of aryl methyl sites for hydroxylation is 1. The number of rotatable bonds is 9. The molecule has 10 nitrogen and oxygen atoms in total. The van der Waals surface area contributed by atoms with Gasteiger partial charge in [-0.1, -0.05) is 50.2 Å². The summed E-state index contributed by atoms with van der Waals surface area (Å²) in [5.74, 6) is -2.56. The first kappa shape index (κ1) is 35.4. The van der Waals surface area contributed by atoms with Crippen molar-refractivity contribution in [1.82, 2.24) is 15.5 Å². The maximum atomic E-state index is 14.0. The normalized spacial score (nSPS) is 20.8. The first-order valence-corrected chi connectivity index (χ1v) is 15.2. The van der Waals surface area contributed by atoms with Crippen molar-refractivity contribution in [3.05, 3.63) is 77.6 Å². The molecule has 4 N–H and O–H groups in total. The third kappa shape index (κ3) is 10.2. The molecule has 0 aromatic heterocycles. The average Bonchev–Trinajstić information content (AvgIpc) is 2.98. The van der Waals surface area contributed by atoms with Crippen LogP contribution in [0.4, 0.5) is 10.1 Å². The highest BCUT2D eigenvalue weighted by molar-refractivity contribution is 5.96. The summed E-state index contributed by atoms with van der Waals surface area (Å²) in [5.41, 5.74) is 2.31. The van der Waals surface area contributed by atoms with Crippen LogP contribution >= 0.6 is 0 Å². The summed E-state index contributed by atoms with van der Waals surface area (Å²) in [6.07, 6.45) is 2.69. The average molecular weight is 625 g/mol. The number of hydrogen-bond donors (Lipinski definition) is 4. The van der Waals surface area contributed by atoms with Gasteiger partial charge in [0.15, 0.2) is 0 Å². The molecule has 2 saturated heterocycles. The van der Waals surface area contributed by atoms with E-state index in [0.29, 0.717) is 43.3 Å². The largest absolute Gasteiger partial charge is 0.478 e. The van der Waals surface area contributed by atoms with Crippen molar-refractivity contribution >= 4 is 29.4 Å². The fourth-order valence-electron chi connectivity index (χ4n) is 5.95. The van der Waals surface area contributed by atoms with Crippen LogP contribution in [0, 0.1) is 24.6 Å². The minimum absolute atomic E-state index is 0.0230. The van der Waals surface area contributed by atoms with Crippen LogP contribution in [-0.2, 0) is 19.2 Å². The van der Waals surface area contributed by atoms with E-state index in [0.717, 1.165) is 24.1 Å². The van der Waals surface area contributed by atoms with E-state index in [1.807, 2.05) is 25.1 Å². The van der Waals surface area contributed by atoms with Gasteiger partial charge in [0.05, 0.1) is 18.5 Å². The number of carbonyl (C=O) groups is 4. The molecular formula is C34H45FN4O6. The molecule has 0 bridgehead atoms. The van der Waals surface area contributed by atoms with Gasteiger partial charge in [-0.15, -0.1) is 0 Å². The first-order chi connectivity index (χ1) is 21.2. The molecule has 11 heteroatoms. The maximum Gasteiger partial charge on any atom is 0.328 e. The molecule has 2 amide bonds. The Hall–Kier alpha value is -4.09. The fraction of sp³-hybridized carbons (Fsp3) is 0.471. The number of anilines is 1. The van der Waals surface area contributed by atoms with E-state index in [1.165, 1.54) is 12.1 Å². The summed E-state index contributed by atoms with van der Waals surface area (Å²) in [6.45, 7) is 12.6. The first-order valence-electron chi connectivity index (χ1n) is 15.2. The minimum Gasteiger partial charge on any atom is -0.478 e. The zero-order chi connectivity index (χ0) is 33.3. The van der Waals surface area contributed by atoms with Crippen LogP contribution in [0.1, 0.15) is 57.7 Å². The minimum atomic E-state index is -1.26. The van der Waals surface area contributed by atoms with Gasteiger partial charge in [0.25, 0.3) is 0 Å². The van der Waals surface area contributed by atoms with E-state index in [2.05, 4.69) is 55.4 Å². The number of benzene rings is 2. The van der Waals surface area contributed by atoms with E-state index in [9.17, 15) is 23.6 Å². The topological polar surface area (TPSA) is 139 Å². The van der Waals surface area contributed by atoms with Crippen LogP contribution in [0.15, 0.2) is 60.7 Å². The van der Waals surface area contributed by atoms with Gasteiger partial charge >= 0.3 is 11.9 Å². The molecule has 4 rings (SSSR count). The van der Waals surface area contributed by atoms with Gasteiger partial charge in [0.1, 0.15) is 5.82 Å². The number of amides is 2. The Bertz CT molecular complexity index is 1360. The Morgan fingerprint density at radius 3 is 2.31 bits per heavy atom. The van der Waals surface area contributed by atoms with Gasteiger partial charge in [0, 0.05) is 49.1 Å². The molecule has 3 atom stereocenters. The number of nitrogens with zero attached hydrogens (tertiary/aromatic N) is 2. The van der Waals surface area contributed by atoms with Crippen molar-refractivity contribution < 1.29 is 33.8 Å². The van der Waals surface area contributed by atoms with Gasteiger partial charge in [-0.2, -0.15) is 0 Å². The van der Waals surface area contributed by atoms with Crippen LogP contribution in [0.3, 0.4) is 0 Å². The molecule has 0 spiro atoms. The molecule has 0 unspecified atom stereocenters. The standard InChI is InChI=1S/C30H41FN4O2.C4H4O4/c1-20(2)13-26(22-9-7-6-8-10-22)33-29(37)23-14-25(17-32-16-23)35-18-28(36)34(19-30(35,4)5)27-15-24(31)12-11-21(27)3;5-3(6)1-2-4(7)8/h6-12,15,20,23,25-26,32H,13-14,16-19H2,1-5H3,(H,33,37);1-2H,(H,5,6)(H,7,8)/b;2-1+/t23-,25+,26+;/m0./s1. The molecular weight excluding hydrogens is 579 g/mol. The number of carboxylic acid groups (broad SMARTS) is 2. The molecule has 2 aromatic carbocycles. The highest BCUT2D eigenvalue weighted by Gasteiger charge is 2.44. The summed E-state index contributed by atoms with van der Waals surface area (Å²) in [5, 5.41) is 22.4. The summed E-state index contributed by atoms with van der Waals surface area (Å²) in [4.78, 5) is 49.8. The zero-order valence-electron chi connectivity index (χ0n) is 26.6. The Kier molecular flexibility index (Phi) is 12.4. The van der Waals surface area contributed by atoms with Crippen LogP contribution in [-0.4, -0.2) is 76.6 Å². The SMILES string of the molecule is Cc1ccc(F)cc1N1CC(C)(C)N([C@H]2CNC[C@@H](C(=O)N[C@H](CC(C)C)c3ccccc3)C2)CC1=O.O=C(O)/C=C/C(=O)O. The summed E-state index contributed by atoms with van der Waals surface area (Å²) in [7, 11) is 0. The molecule has 0 aliphatic carbocycles. The Balaban J connectivity index is 0.000000610. The second kappa shape index (κ2) is 15.8. The zero-order valence-corrected chi connectivity index (χ0v) is 26.6. The van der Waals surface area contributed by atoms with E-state index >= 15 is 0 Å². The molecule has 2 heterocycles. The predicted molar refractivity (Wildman–Crippen MR) is 170 cm³/mol. The van der Waals surface area contributed by atoms with Crippen LogP contribution in [0.5, 0.6) is 0 Å². The smallest absolute Gasteiger partial charge is 0.328 e. The van der Waals surface area contributed by atoms with Crippen molar-refractivity contribution in [3.8, 4) is 0 Å². The molecule has 45 heavy (non-hydrogen) atoms. The third-order valence-corrected chi connectivity index (χ3v) is 8.12. The Labute approximate surface area is 264 Å². The number of nitrogens with one attached hydrogen (secondary N) is 2. The Morgan fingerprint density at radius 1 is 1.07 bits per heavy atom. The fourth-order valence-corrected chi connectivity index (χ4v) is 5.95. The lowest BCUT2D eigenvalue weighted by atomic mass is 9.88. The third-order valence-electron chi connectivity index (χ3n) is 8.12. The molecule has 0 saturated carbocycles. The highest BCUT2D eigenvalue weighted by Crippen LogP contribution is 2.33. The lowest BCUT2D eigenvalue weighted by Crippen LogP contribution is -2.67. The molecule has 244 valence electrons. The van der Waals surface area contributed by atoms with E-state index < -0.39 is 11.9 Å². The van der Waals surface area contributed by atoms with Gasteiger partial charge in [-0.05, 0) is 62.8 Å². The number of carboxylic acids is 2. The summed E-state index contributed by atoms with van der Waals surface area (Å²) in [6, 6.07) is 14.8. The van der Waals surface area contributed by atoms with Gasteiger partial charge in [0.2, 0.25) is 11.8 Å². The predicted octanol–water partition coefficient (Wildman–Crippen LogP) is 4.15. The lowest BCUT2D eigenvalue weighted by Gasteiger charge is -2.51. The second-order valence-corrected chi connectivity index (χ2v) is 12.7. The highest BCUT2D eigenvalue weighted by atomic mass is 19.1. The summed E-state index contributed by atoms with van der Waals surface area (Å²) >= 11 is 0. The van der Waals surface area contributed by atoms with Crippen LogP contribution < -0.4 is 15.5 Å². The second-order valence-electron chi connectivity index (χ2n) is 12.7. The molecule has 2 fully saturated rings. The number of aliphatic carboxylic acids is 2. The number of halogens is 1. The quantitative estimate of drug-likeness (QED) is 0.305. The lowest BCUT2D eigenvalue weighted by molar-refractivity contribution is -0.134. The maximum absolute atomic E-state index is 14.0. The van der Waals surface area contributed by atoms with Crippen LogP contribution in [0.2, 0.25) is 0 Å². The van der Waals surface area contributed by atoms with Crippen molar-refractivity contribution in [1.29, 1.82) is 0 Å². The van der Waals surface area contributed by atoms with Gasteiger partial charge < -0.3 is 25.7 Å². The van der Waals surface area contributed by atoms with Crippen molar-refractivity contribution in [2.45, 2.75) is 65.1 Å². The summed E-state index contributed by atoms with van der Waals surface area (Å²) < 4.78 is 14.0. The molecule has 2 aliphatic rings. The Morgan fingerprint density at radius 2 is 1.71 bits per heavy atom. The van der Waals surface area contributed by atoms with Crippen LogP contribution in [0.25, 0.3) is 0 Å². The number of carbonyl (C=O) groups excluding carboxylic acids is 2. The number of piperidine rings is 1. The number of hydrogen-bond acceptors (Lipinski definition) is 6. The van der Waals surface area contributed by atoms with Crippen molar-refractivity contribution in [3.63, 3.8) is 0 Å². The van der Waals surface area contributed by atoms with E-state index in [1.54, 1.807) is 11.0 Å². The van der Waals surface area contributed by atoms with Crippen molar-refractivity contribution in [2.24, 2.45) is 11.8 Å². The molecule has 0 radical (unpaired) electrons. The van der Waals surface area contributed by atoms with E-state index in [-0.39, 0.29) is 47.7 Å². The van der Waals surface area contributed by atoms with Crippen molar-refractivity contribution in [2.75, 3.05) is 31.1 Å². The van der Waals surface area contributed by atoms with Gasteiger partial charge in [-0.3, -0.25) is 14.5 Å². The van der Waals surface area contributed by atoms with Gasteiger partial charge in [-0.25, -0.2) is 14.0 Å². The number of piperazine rings is 1. The van der Waals surface area contributed by atoms with E-state index in [4.69, 9.17) is 10.2 Å². The molecule has 2 aromatic rings.